The van der Waals surface area contributed by atoms with Gasteiger partial charge in [-0.05, 0) is 65.2 Å². The quantitative estimate of drug-likeness (QED) is 0.0453. The zero-order valence-corrected chi connectivity index (χ0v) is 40.5. The van der Waals surface area contributed by atoms with Crippen LogP contribution in [-0.2, 0) is 45.7 Å². The molecule has 0 heterocycles. The van der Waals surface area contributed by atoms with E-state index in [-0.39, 0.29) is 30.4 Å². The topological polar surface area (TPSA) is 100 Å². The maximum absolute atomic E-state index is 11.9. The predicted molar refractivity (Wildman–Crippen MR) is 230 cm³/mol. The van der Waals surface area contributed by atoms with Gasteiger partial charge in [-0.2, -0.15) is 0 Å². The van der Waals surface area contributed by atoms with Crippen LogP contribution in [0.3, 0.4) is 0 Å². The first-order chi connectivity index (χ1) is 24.0. The van der Waals surface area contributed by atoms with Crippen LogP contribution in [-0.4, -0.2) is 86.4 Å². The van der Waals surface area contributed by atoms with Crippen molar-refractivity contribution in [1.82, 2.24) is 0 Å². The van der Waals surface area contributed by atoms with Crippen LogP contribution in [0.25, 0.3) is 0 Å². The van der Waals surface area contributed by atoms with Crippen molar-refractivity contribution in [2.45, 2.75) is 128 Å². The highest BCUT2D eigenvalue weighted by atomic mass is 32.7. The lowest BCUT2D eigenvalue weighted by Crippen LogP contribution is -2.15. The van der Waals surface area contributed by atoms with Gasteiger partial charge in [-0.15, -0.1) is 0 Å². The van der Waals surface area contributed by atoms with E-state index in [9.17, 15) is 4.79 Å². The lowest BCUT2D eigenvalue weighted by molar-refractivity contribution is -0.142. The molecule has 0 aliphatic rings. The van der Waals surface area contributed by atoms with Crippen molar-refractivity contribution in [1.29, 1.82) is 0 Å². The highest BCUT2D eigenvalue weighted by Crippen LogP contribution is 2.59. The van der Waals surface area contributed by atoms with Gasteiger partial charge >= 0.3 is 5.97 Å². The highest BCUT2D eigenvalue weighted by Gasteiger charge is 2.26. The largest absolute Gasteiger partial charge is 0.466 e. The van der Waals surface area contributed by atoms with E-state index in [1.807, 2.05) is 27.7 Å². The maximum Gasteiger partial charge on any atom is 0.306 e. The Morgan fingerprint density at radius 1 is 0.490 bits per heavy atom. The van der Waals surface area contributed by atoms with Crippen molar-refractivity contribution in [2.24, 2.45) is 23.7 Å². The third kappa shape index (κ3) is 34.1. The molecule has 0 saturated heterocycles. The molecule has 0 aromatic carbocycles. The summed E-state index contributed by atoms with van der Waals surface area (Å²) in [6, 6.07) is 0. The molecule has 0 amide bonds. The minimum atomic E-state index is -1.31. The zero-order valence-electron chi connectivity index (χ0n) is 33.7. The summed E-state index contributed by atoms with van der Waals surface area (Å²) < 4.78 is 55.3. The van der Waals surface area contributed by atoms with Crippen LogP contribution in [0.5, 0.6) is 0 Å². The van der Waals surface area contributed by atoms with E-state index < -0.39 is 30.3 Å². The molecule has 0 aromatic heterocycles. The van der Waals surface area contributed by atoms with Crippen molar-refractivity contribution >= 4 is 81.8 Å². The molecule has 10 nitrogen and oxygen atoms in total. The molecule has 0 N–H and O–H groups in total. The first-order valence-electron chi connectivity index (χ1n) is 18.1. The van der Waals surface area contributed by atoms with Crippen LogP contribution in [0.15, 0.2) is 0 Å². The second-order valence-corrected chi connectivity index (χ2v) is 26.6. The van der Waals surface area contributed by atoms with Gasteiger partial charge in [-0.3, -0.25) is 4.79 Å². The molecule has 4 unspecified atom stereocenters. The van der Waals surface area contributed by atoms with E-state index in [1.54, 1.807) is 34.1 Å². The molecule has 306 valence electrons. The molecule has 0 aliphatic heterocycles. The van der Waals surface area contributed by atoms with E-state index in [1.165, 1.54) is 11.4 Å². The molecular formula is C33H70O10P4S4. The fourth-order valence-electron chi connectivity index (χ4n) is 2.87. The molecule has 4 atom stereocenters. The van der Waals surface area contributed by atoms with Gasteiger partial charge in [0.2, 0.25) is 30.3 Å². The van der Waals surface area contributed by atoms with Crippen molar-refractivity contribution in [3.8, 4) is 0 Å². The molecule has 0 aromatic rings. The third-order valence-electron chi connectivity index (χ3n) is 5.20. The van der Waals surface area contributed by atoms with Crippen molar-refractivity contribution in [3.05, 3.63) is 0 Å². The molecule has 18 heteroatoms. The first-order valence-corrected chi connectivity index (χ1v) is 29.1. The molecular weight excluding hydrogens is 809 g/mol. The van der Waals surface area contributed by atoms with Gasteiger partial charge in [0.05, 0.1) is 63.9 Å². The molecule has 0 spiro atoms. The summed E-state index contributed by atoms with van der Waals surface area (Å²) in [5.74, 6) is 4.22. The average Bonchev–Trinajstić information content (AvgIpc) is 3.02. The van der Waals surface area contributed by atoms with Crippen molar-refractivity contribution in [3.63, 3.8) is 0 Å². The SMILES string of the molecule is CCOC(=O)CCSP(OC(C)C)OC(C)CSP(OC(C)CSP(OCC(C)C)OCC(C)C)OC(C)CSP(OCC(C)C)OCC(C)C. The Morgan fingerprint density at radius 2 is 0.824 bits per heavy atom. The Morgan fingerprint density at radius 3 is 1.14 bits per heavy atom. The molecule has 51 heavy (non-hydrogen) atoms. The van der Waals surface area contributed by atoms with Crippen LogP contribution >= 0.6 is 75.8 Å². The summed E-state index contributed by atoms with van der Waals surface area (Å²) >= 11 is 6.55. The predicted octanol–water partition coefficient (Wildman–Crippen LogP) is 13.1. The fraction of sp³-hybridized carbons (Fsp3) is 0.970. The summed E-state index contributed by atoms with van der Waals surface area (Å²) in [4.78, 5) is 11.9. The van der Waals surface area contributed by atoms with Crippen LogP contribution in [0, 0.1) is 23.7 Å². The number of esters is 1. The van der Waals surface area contributed by atoms with Crippen LogP contribution < -0.4 is 0 Å². The Bertz CT molecular complexity index is 779. The molecule has 0 aliphatic carbocycles. The van der Waals surface area contributed by atoms with E-state index in [2.05, 4.69) is 69.2 Å². The van der Waals surface area contributed by atoms with Gasteiger partial charge in [0.1, 0.15) is 0 Å². The fourth-order valence-corrected chi connectivity index (χ4v) is 16.6. The number of hydrogen-bond acceptors (Lipinski definition) is 14. The van der Waals surface area contributed by atoms with E-state index >= 15 is 0 Å². The number of carbonyl (C=O) groups is 1. The van der Waals surface area contributed by atoms with Crippen LogP contribution in [0.2, 0.25) is 0 Å². The molecule has 0 fully saturated rings. The summed E-state index contributed by atoms with van der Waals surface area (Å²) in [6.45, 7) is 32.2. The van der Waals surface area contributed by atoms with E-state index in [0.29, 0.717) is 74.6 Å². The molecule has 0 saturated carbocycles. The number of hydrogen-bond donors (Lipinski definition) is 0. The van der Waals surface area contributed by atoms with Crippen LogP contribution in [0.1, 0.15) is 103 Å². The number of ether oxygens (including phenoxy) is 1. The summed E-state index contributed by atoms with van der Waals surface area (Å²) in [6.07, 6.45) is 0.0432. The van der Waals surface area contributed by atoms with E-state index in [0.717, 1.165) is 11.5 Å². The zero-order chi connectivity index (χ0) is 38.8. The Kier molecular flexibility index (Phi) is 34.7. The maximum atomic E-state index is 11.9. The summed E-state index contributed by atoms with van der Waals surface area (Å²) in [7, 11) is -4.70. The normalized spacial score (nSPS) is 15.5. The van der Waals surface area contributed by atoms with Crippen molar-refractivity contribution in [2.75, 3.05) is 56.0 Å². The lowest BCUT2D eigenvalue weighted by atomic mass is 10.2. The Labute approximate surface area is 333 Å². The van der Waals surface area contributed by atoms with Gasteiger partial charge in [0, 0.05) is 23.0 Å². The second kappa shape index (κ2) is 33.3. The lowest BCUT2D eigenvalue weighted by Gasteiger charge is -2.27. The standard InChI is InChI=1S/C33H70O10P4S4/c1-15-35-33(34)16-17-48-46(40-29(10)11)41-32(14)24-51-47(42-30(12)22-49-44(36-18-25(2)3)37-19-26(4)5)43-31(13)23-50-45(38-20-27(6)7)39-21-28(8)9/h25-32H,15-24H2,1-14H3. The van der Waals surface area contributed by atoms with Crippen molar-refractivity contribution < 1.29 is 45.7 Å². The minimum Gasteiger partial charge on any atom is -0.466 e. The smallest absolute Gasteiger partial charge is 0.306 e. The van der Waals surface area contributed by atoms with E-state index in [4.69, 9.17) is 40.9 Å². The van der Waals surface area contributed by atoms with Crippen LogP contribution in [0.4, 0.5) is 0 Å². The number of rotatable bonds is 34. The first kappa shape index (κ1) is 53.3. The van der Waals surface area contributed by atoms with Gasteiger partial charge in [-0.1, -0.05) is 101 Å². The Balaban J connectivity index is 5.52. The van der Waals surface area contributed by atoms with Gasteiger partial charge in [0.25, 0.3) is 0 Å². The van der Waals surface area contributed by atoms with Gasteiger partial charge in [0.15, 0.2) is 0 Å². The molecule has 0 radical (unpaired) electrons. The monoisotopic (exact) mass is 878 g/mol. The second-order valence-electron chi connectivity index (χ2n) is 13.8. The molecule has 0 bridgehead atoms. The molecule has 0 rings (SSSR count). The summed E-state index contributed by atoms with van der Waals surface area (Å²) in [5.41, 5.74) is 0. The number of carbonyl (C=O) groups excluding carboxylic acids is 1. The van der Waals surface area contributed by atoms with Gasteiger partial charge in [-0.25, -0.2) is 0 Å². The third-order valence-corrected chi connectivity index (χ3v) is 18.6. The summed E-state index contributed by atoms with van der Waals surface area (Å²) in [5, 5.41) is 0. The Hall–Kier alpha value is 2.27. The average molecular weight is 879 g/mol. The minimum absolute atomic E-state index is 0.00517. The van der Waals surface area contributed by atoms with Gasteiger partial charge < -0.3 is 40.9 Å². The highest BCUT2D eigenvalue weighted by molar-refractivity contribution is 8.54.